The second-order valence-electron chi connectivity index (χ2n) is 25.2. The maximum Gasteiger partial charge on any atom is 0.252 e. The Morgan fingerprint density at radius 1 is 0.347 bits per heavy atom. The smallest absolute Gasteiger partial charge is 0.252 e. The third-order valence-electron chi connectivity index (χ3n) is 15.8. The fourth-order valence-corrected chi connectivity index (χ4v) is 11.5. The van der Waals surface area contributed by atoms with Crippen LogP contribution in [0.15, 0.2) is 188 Å². The summed E-state index contributed by atoms with van der Waals surface area (Å²) in [5.74, 6) is 0.693. The Morgan fingerprint density at radius 2 is 0.720 bits per heavy atom. The van der Waals surface area contributed by atoms with Crippen molar-refractivity contribution in [3.63, 3.8) is 0 Å². The van der Waals surface area contributed by atoms with Crippen LogP contribution in [0.5, 0.6) is 0 Å². The molecular formula is C70H67BN4. The van der Waals surface area contributed by atoms with E-state index in [0.29, 0.717) is 5.82 Å². The molecule has 0 bridgehead atoms. The molecule has 2 aliphatic rings. The molecule has 0 fully saturated rings. The fraction of sp³-hybridized carbons (Fsp3) is 0.229. The summed E-state index contributed by atoms with van der Waals surface area (Å²) in [4.78, 5) is 16.2. The highest BCUT2D eigenvalue weighted by Gasteiger charge is 2.45. The predicted molar refractivity (Wildman–Crippen MR) is 322 cm³/mol. The molecular weight excluding hydrogens is 908 g/mol. The van der Waals surface area contributed by atoms with E-state index in [4.69, 9.17) is 9.97 Å². The van der Waals surface area contributed by atoms with Crippen LogP contribution in [-0.4, -0.2) is 16.7 Å². The van der Waals surface area contributed by atoms with Crippen LogP contribution < -0.4 is 26.2 Å². The van der Waals surface area contributed by atoms with Gasteiger partial charge in [0.05, 0.1) is 11.4 Å². The van der Waals surface area contributed by atoms with Crippen LogP contribution in [-0.2, 0) is 21.7 Å². The highest BCUT2D eigenvalue weighted by molar-refractivity contribution is 7.00. The first kappa shape index (κ1) is 48.2. The molecule has 5 heteroatoms. The van der Waals surface area contributed by atoms with Gasteiger partial charge in [0.15, 0.2) is 5.82 Å². The summed E-state index contributed by atoms with van der Waals surface area (Å²) in [5.41, 5.74) is 20.5. The third kappa shape index (κ3) is 8.42. The van der Waals surface area contributed by atoms with Crippen molar-refractivity contribution in [1.82, 2.24) is 9.97 Å². The monoisotopic (exact) mass is 975 g/mol. The largest absolute Gasteiger partial charge is 0.311 e. The van der Waals surface area contributed by atoms with Crippen LogP contribution in [0.1, 0.15) is 105 Å². The first-order valence-corrected chi connectivity index (χ1v) is 26.8. The van der Waals surface area contributed by atoms with Gasteiger partial charge in [-0.1, -0.05) is 229 Å². The van der Waals surface area contributed by atoms with Crippen LogP contribution in [0, 0.1) is 0 Å². The quantitative estimate of drug-likeness (QED) is 0.161. The third-order valence-corrected chi connectivity index (χ3v) is 15.8. The molecule has 370 valence electrons. The number of anilines is 6. The maximum atomic E-state index is 5.58. The molecule has 0 unspecified atom stereocenters. The summed E-state index contributed by atoms with van der Waals surface area (Å²) in [6.45, 7) is 28.0. The van der Waals surface area contributed by atoms with Gasteiger partial charge in [0.2, 0.25) is 0 Å². The minimum atomic E-state index is -0.112. The van der Waals surface area contributed by atoms with Crippen molar-refractivity contribution >= 4 is 78.8 Å². The molecule has 9 aromatic carbocycles. The Balaban J connectivity index is 1.28. The number of hydrogen-bond donors (Lipinski definition) is 0. The molecule has 1 aromatic heterocycles. The maximum absolute atomic E-state index is 5.58. The van der Waals surface area contributed by atoms with Crippen molar-refractivity contribution in [2.45, 2.75) is 105 Å². The molecule has 10 aromatic rings. The van der Waals surface area contributed by atoms with Crippen molar-refractivity contribution in [3.05, 3.63) is 210 Å². The number of benzene rings is 9. The number of aromatic nitrogens is 2. The lowest BCUT2D eigenvalue weighted by atomic mass is 9.33. The van der Waals surface area contributed by atoms with Crippen LogP contribution >= 0.6 is 0 Å². The second kappa shape index (κ2) is 17.4. The molecule has 3 heterocycles. The standard InChI is InChI=1S/C70H67BN4/c1-67(2,3)49-37-50(68(4,5)6)40-53(39-49)74-61-35-48(60-43-59(46-25-15-13-16-26-46)72-66(73-60)47-27-17-14-18-28-47)36-62-63(61)71(57-33-31-44-23-19-21-29-55(44)64(57)74)58-34-32-45-24-20-22-30-56(45)65(58)75(62)54-41-51(69(7,8)9)38-52(42-54)70(10,11)12/h13-43H,1-12H3. The first-order chi connectivity index (χ1) is 35.7. The van der Waals surface area contributed by atoms with Gasteiger partial charge in [-0.25, -0.2) is 9.97 Å². The van der Waals surface area contributed by atoms with E-state index in [2.05, 4.69) is 281 Å². The number of fused-ring (bicyclic) bond motifs is 8. The van der Waals surface area contributed by atoms with Crippen molar-refractivity contribution in [2.24, 2.45) is 0 Å². The van der Waals surface area contributed by atoms with Gasteiger partial charge in [0, 0.05) is 61.6 Å². The Labute approximate surface area is 445 Å². The molecule has 0 spiro atoms. The SMILES string of the molecule is CC(C)(C)c1cc(N2c3cc(-c4cc(-c5ccccc5)nc(-c5ccccc5)n4)cc4c3B(c3ccc5ccccc5c32)c2ccc3ccccc3c2N4c2cc(C(C)(C)C)cc(C(C)(C)C)c2)cc(C(C)(C)C)c1. The summed E-state index contributed by atoms with van der Waals surface area (Å²) < 4.78 is 0. The lowest BCUT2D eigenvalue weighted by molar-refractivity contribution is 0.568. The second-order valence-corrected chi connectivity index (χ2v) is 25.2. The topological polar surface area (TPSA) is 32.3 Å². The predicted octanol–water partition coefficient (Wildman–Crippen LogP) is 17.1. The summed E-state index contributed by atoms with van der Waals surface area (Å²) in [7, 11) is 0. The Hall–Kier alpha value is -7.76. The molecule has 0 atom stereocenters. The molecule has 0 saturated heterocycles. The van der Waals surface area contributed by atoms with Crippen molar-refractivity contribution in [2.75, 3.05) is 9.80 Å². The average Bonchev–Trinajstić information content (AvgIpc) is 3.40. The lowest BCUT2D eigenvalue weighted by Crippen LogP contribution is -2.61. The summed E-state index contributed by atoms with van der Waals surface area (Å²) in [5, 5.41) is 4.88. The molecule has 0 saturated carbocycles. The van der Waals surface area contributed by atoms with Crippen LogP contribution in [0.3, 0.4) is 0 Å². The van der Waals surface area contributed by atoms with Gasteiger partial charge < -0.3 is 9.80 Å². The van der Waals surface area contributed by atoms with E-state index in [1.54, 1.807) is 0 Å². The highest BCUT2D eigenvalue weighted by Crippen LogP contribution is 2.51. The zero-order valence-corrected chi connectivity index (χ0v) is 45.8. The van der Waals surface area contributed by atoms with E-state index in [1.807, 2.05) is 0 Å². The van der Waals surface area contributed by atoms with Crippen LogP contribution in [0.2, 0.25) is 0 Å². The zero-order chi connectivity index (χ0) is 52.3. The zero-order valence-electron chi connectivity index (χ0n) is 45.8. The number of hydrogen-bond acceptors (Lipinski definition) is 4. The first-order valence-electron chi connectivity index (χ1n) is 26.8. The normalized spacial score (nSPS) is 13.5. The van der Waals surface area contributed by atoms with E-state index in [0.717, 1.165) is 50.8 Å². The van der Waals surface area contributed by atoms with Crippen LogP contribution in [0.25, 0.3) is 55.4 Å². The number of nitrogens with zero attached hydrogens (tertiary/aromatic N) is 4. The summed E-state index contributed by atoms with van der Waals surface area (Å²) in [6.07, 6.45) is 0. The Kier molecular flexibility index (Phi) is 11.2. The van der Waals surface area contributed by atoms with Gasteiger partial charge in [-0.05, 0) is 114 Å². The Morgan fingerprint density at radius 3 is 1.13 bits per heavy atom. The lowest BCUT2D eigenvalue weighted by Gasteiger charge is -2.45. The molecule has 12 rings (SSSR count). The summed E-state index contributed by atoms with van der Waals surface area (Å²) in [6, 6.07) is 70.4. The molecule has 4 nitrogen and oxygen atoms in total. The summed E-state index contributed by atoms with van der Waals surface area (Å²) >= 11 is 0. The van der Waals surface area contributed by atoms with Gasteiger partial charge >= 0.3 is 0 Å². The van der Waals surface area contributed by atoms with Gasteiger partial charge in [-0.3, -0.25) is 0 Å². The minimum absolute atomic E-state index is 0.0957. The molecule has 2 aliphatic heterocycles. The molecule has 0 amide bonds. The molecule has 75 heavy (non-hydrogen) atoms. The van der Waals surface area contributed by atoms with E-state index in [-0.39, 0.29) is 28.4 Å². The van der Waals surface area contributed by atoms with E-state index in [1.165, 1.54) is 71.6 Å². The van der Waals surface area contributed by atoms with Crippen LogP contribution in [0.4, 0.5) is 34.1 Å². The average molecular weight is 975 g/mol. The van der Waals surface area contributed by atoms with E-state index >= 15 is 0 Å². The van der Waals surface area contributed by atoms with Gasteiger partial charge in [-0.15, -0.1) is 0 Å². The Bertz CT molecular complexity index is 3570. The van der Waals surface area contributed by atoms with Crippen molar-refractivity contribution in [3.8, 4) is 33.9 Å². The molecule has 0 radical (unpaired) electrons. The molecule has 0 aliphatic carbocycles. The highest BCUT2D eigenvalue weighted by atomic mass is 15.2. The van der Waals surface area contributed by atoms with Crippen molar-refractivity contribution < 1.29 is 0 Å². The van der Waals surface area contributed by atoms with Crippen molar-refractivity contribution in [1.29, 1.82) is 0 Å². The van der Waals surface area contributed by atoms with E-state index < -0.39 is 0 Å². The van der Waals surface area contributed by atoms with E-state index in [9.17, 15) is 0 Å². The molecule has 0 N–H and O–H groups in total. The fourth-order valence-electron chi connectivity index (χ4n) is 11.5. The van der Waals surface area contributed by atoms with Gasteiger partial charge in [-0.2, -0.15) is 0 Å². The van der Waals surface area contributed by atoms with Gasteiger partial charge in [0.1, 0.15) is 0 Å². The number of rotatable bonds is 5. The van der Waals surface area contributed by atoms with Gasteiger partial charge in [0.25, 0.3) is 6.71 Å². The minimum Gasteiger partial charge on any atom is -0.311 e.